The topological polar surface area (TPSA) is 92.8 Å². The average molecular weight is 368 g/mol. The summed E-state index contributed by atoms with van der Waals surface area (Å²) in [6, 6.07) is 5.15. The number of hydrogen-bond donors (Lipinski definition) is 1. The van der Waals surface area contributed by atoms with Gasteiger partial charge >= 0.3 is 5.97 Å². The van der Waals surface area contributed by atoms with Gasteiger partial charge in [0.25, 0.3) is 0 Å². The Morgan fingerprint density at radius 3 is 2.40 bits per heavy atom. The minimum atomic E-state index is -3.87. The molecule has 0 aromatic heterocycles. The second kappa shape index (κ2) is 7.97. The predicted octanol–water partition coefficient (Wildman–Crippen LogP) is 1.68. The van der Waals surface area contributed by atoms with Crippen molar-refractivity contribution in [2.24, 2.45) is 5.92 Å². The molecule has 0 spiro atoms. The van der Waals surface area contributed by atoms with Crippen LogP contribution >= 0.6 is 0 Å². The van der Waals surface area contributed by atoms with Crippen molar-refractivity contribution in [1.82, 2.24) is 4.72 Å². The Morgan fingerprint density at radius 2 is 1.92 bits per heavy atom. The zero-order chi connectivity index (χ0) is 18.6. The van der Waals surface area contributed by atoms with Crippen LogP contribution in [0.1, 0.15) is 33.1 Å². The van der Waals surface area contributed by atoms with Gasteiger partial charge in [-0.1, -0.05) is 13.8 Å². The number of nitrogens with one attached hydrogen (secondary N) is 1. The summed E-state index contributed by atoms with van der Waals surface area (Å²) in [5, 5.41) is 0. The van der Waals surface area contributed by atoms with E-state index in [0.717, 1.165) is 6.42 Å². The van der Waals surface area contributed by atoms with Crippen molar-refractivity contribution in [3.8, 4) is 0 Å². The largest absolute Gasteiger partial charge is 0.468 e. The molecule has 0 saturated carbocycles. The van der Waals surface area contributed by atoms with Gasteiger partial charge in [0.1, 0.15) is 6.04 Å². The van der Waals surface area contributed by atoms with Crippen LogP contribution in [0, 0.1) is 5.92 Å². The molecule has 1 aromatic carbocycles. The highest BCUT2D eigenvalue weighted by Gasteiger charge is 2.28. The molecule has 8 heteroatoms. The molecule has 0 unspecified atom stereocenters. The van der Waals surface area contributed by atoms with E-state index < -0.39 is 22.0 Å². The number of nitrogens with zero attached hydrogens (tertiary/aromatic N) is 1. The molecule has 1 aliphatic rings. The number of carbonyl (C=O) groups is 2. The second-order valence-electron chi connectivity index (χ2n) is 6.47. The van der Waals surface area contributed by atoms with Crippen LogP contribution in [0.4, 0.5) is 5.69 Å². The molecular weight excluding hydrogens is 344 g/mol. The molecule has 1 heterocycles. The number of ether oxygens (including phenoxy) is 1. The molecule has 1 saturated heterocycles. The Kier molecular flexibility index (Phi) is 6.18. The van der Waals surface area contributed by atoms with Crippen molar-refractivity contribution >= 4 is 27.6 Å². The minimum absolute atomic E-state index is 0.0384. The lowest BCUT2D eigenvalue weighted by Gasteiger charge is -2.19. The third kappa shape index (κ3) is 4.79. The molecule has 0 radical (unpaired) electrons. The first-order chi connectivity index (χ1) is 11.7. The first-order valence-corrected chi connectivity index (χ1v) is 9.73. The summed E-state index contributed by atoms with van der Waals surface area (Å²) in [7, 11) is -2.64. The summed E-state index contributed by atoms with van der Waals surface area (Å²) < 4.78 is 32.2. The van der Waals surface area contributed by atoms with Gasteiger partial charge in [-0.2, -0.15) is 4.72 Å². The number of hydrogen-bond acceptors (Lipinski definition) is 5. The SMILES string of the molecule is COC(=O)[C@@H](CC(C)C)NS(=O)(=O)c1ccc(N2CCCC2=O)cc1. The first-order valence-electron chi connectivity index (χ1n) is 8.25. The average Bonchev–Trinajstić information content (AvgIpc) is 2.99. The lowest BCUT2D eigenvalue weighted by molar-refractivity contribution is -0.143. The van der Waals surface area contributed by atoms with Gasteiger partial charge in [-0.25, -0.2) is 8.42 Å². The van der Waals surface area contributed by atoms with E-state index in [9.17, 15) is 18.0 Å². The van der Waals surface area contributed by atoms with E-state index in [1.165, 1.54) is 19.2 Å². The Balaban J connectivity index is 2.17. The molecule has 1 atom stereocenters. The van der Waals surface area contributed by atoms with E-state index in [1.54, 1.807) is 17.0 Å². The monoisotopic (exact) mass is 368 g/mol. The number of esters is 1. The van der Waals surface area contributed by atoms with Crippen molar-refractivity contribution < 1.29 is 22.7 Å². The number of amides is 1. The molecule has 7 nitrogen and oxygen atoms in total. The van der Waals surface area contributed by atoms with Gasteiger partial charge in [0, 0.05) is 18.7 Å². The van der Waals surface area contributed by atoms with Crippen LogP contribution in [-0.2, 0) is 24.3 Å². The smallest absolute Gasteiger partial charge is 0.323 e. The Bertz CT molecular complexity index is 728. The molecule has 1 aliphatic heterocycles. The maximum Gasteiger partial charge on any atom is 0.323 e. The highest BCUT2D eigenvalue weighted by atomic mass is 32.2. The van der Waals surface area contributed by atoms with E-state index in [-0.39, 0.29) is 16.7 Å². The minimum Gasteiger partial charge on any atom is -0.468 e. The van der Waals surface area contributed by atoms with E-state index in [0.29, 0.717) is 25.1 Å². The van der Waals surface area contributed by atoms with Crippen molar-refractivity contribution in [3.05, 3.63) is 24.3 Å². The lowest BCUT2D eigenvalue weighted by Crippen LogP contribution is -2.42. The Morgan fingerprint density at radius 1 is 1.28 bits per heavy atom. The van der Waals surface area contributed by atoms with E-state index in [4.69, 9.17) is 0 Å². The van der Waals surface area contributed by atoms with Crippen molar-refractivity contribution in [3.63, 3.8) is 0 Å². The fourth-order valence-corrected chi connectivity index (χ4v) is 3.99. The van der Waals surface area contributed by atoms with Crippen LogP contribution < -0.4 is 9.62 Å². The number of anilines is 1. The van der Waals surface area contributed by atoms with Crippen LogP contribution in [0.15, 0.2) is 29.2 Å². The molecule has 1 amide bonds. The number of sulfonamides is 1. The molecule has 1 N–H and O–H groups in total. The second-order valence-corrected chi connectivity index (χ2v) is 8.18. The molecular formula is C17H24N2O5S. The van der Waals surface area contributed by atoms with Gasteiger partial charge in [-0.15, -0.1) is 0 Å². The Hall–Kier alpha value is -1.93. The molecule has 1 fully saturated rings. The lowest BCUT2D eigenvalue weighted by atomic mass is 10.1. The van der Waals surface area contributed by atoms with Crippen LogP contribution in [0.3, 0.4) is 0 Å². The molecule has 0 bridgehead atoms. The Labute approximate surface area is 148 Å². The summed E-state index contributed by atoms with van der Waals surface area (Å²) >= 11 is 0. The predicted molar refractivity (Wildman–Crippen MR) is 93.6 cm³/mol. The highest BCUT2D eigenvalue weighted by molar-refractivity contribution is 7.89. The van der Waals surface area contributed by atoms with E-state index >= 15 is 0 Å². The third-order valence-electron chi connectivity index (χ3n) is 4.02. The van der Waals surface area contributed by atoms with Gasteiger partial charge in [0.2, 0.25) is 15.9 Å². The summed E-state index contributed by atoms with van der Waals surface area (Å²) in [6.45, 7) is 4.43. The van der Waals surface area contributed by atoms with Crippen LogP contribution in [0.5, 0.6) is 0 Å². The highest BCUT2D eigenvalue weighted by Crippen LogP contribution is 2.23. The summed E-state index contributed by atoms with van der Waals surface area (Å²) in [4.78, 5) is 25.3. The quantitative estimate of drug-likeness (QED) is 0.739. The number of carbonyl (C=O) groups excluding carboxylic acids is 2. The van der Waals surface area contributed by atoms with Gasteiger partial charge in [-0.3, -0.25) is 9.59 Å². The van der Waals surface area contributed by atoms with Gasteiger partial charge in [-0.05, 0) is 43.0 Å². The molecule has 1 aromatic rings. The maximum absolute atomic E-state index is 12.5. The fraction of sp³-hybridized carbons (Fsp3) is 0.529. The normalized spacial score (nSPS) is 16.3. The number of rotatable bonds is 7. The molecule has 138 valence electrons. The molecule has 25 heavy (non-hydrogen) atoms. The van der Waals surface area contributed by atoms with Crippen LogP contribution in [-0.4, -0.2) is 40.0 Å². The summed E-state index contributed by atoms with van der Waals surface area (Å²) in [5.41, 5.74) is 0.674. The summed E-state index contributed by atoms with van der Waals surface area (Å²) in [6.07, 6.45) is 1.65. The fourth-order valence-electron chi connectivity index (χ4n) is 2.79. The van der Waals surface area contributed by atoms with E-state index in [1.807, 2.05) is 13.8 Å². The summed E-state index contributed by atoms with van der Waals surface area (Å²) in [5.74, 6) is -0.455. The van der Waals surface area contributed by atoms with Crippen molar-refractivity contribution in [1.29, 1.82) is 0 Å². The van der Waals surface area contributed by atoms with Gasteiger partial charge in [0.15, 0.2) is 0 Å². The zero-order valence-corrected chi connectivity index (χ0v) is 15.5. The zero-order valence-electron chi connectivity index (χ0n) is 14.7. The van der Waals surface area contributed by atoms with Crippen molar-refractivity contribution in [2.45, 2.75) is 44.0 Å². The van der Waals surface area contributed by atoms with Crippen LogP contribution in [0.2, 0.25) is 0 Å². The number of benzene rings is 1. The standard InChI is InChI=1S/C17H24N2O5S/c1-12(2)11-15(17(21)24-3)18-25(22,23)14-8-6-13(7-9-14)19-10-4-5-16(19)20/h6-9,12,15,18H,4-5,10-11H2,1-3H3/t15-/m1/s1. The van der Waals surface area contributed by atoms with Gasteiger partial charge in [0.05, 0.1) is 12.0 Å². The first kappa shape index (κ1) is 19.4. The van der Waals surface area contributed by atoms with Crippen molar-refractivity contribution in [2.75, 3.05) is 18.6 Å². The van der Waals surface area contributed by atoms with Crippen LogP contribution in [0.25, 0.3) is 0 Å². The van der Waals surface area contributed by atoms with E-state index in [2.05, 4.69) is 9.46 Å². The number of methoxy groups -OCH3 is 1. The molecule has 2 rings (SSSR count). The molecule has 0 aliphatic carbocycles. The maximum atomic E-state index is 12.5. The third-order valence-corrected chi connectivity index (χ3v) is 5.51. The van der Waals surface area contributed by atoms with Gasteiger partial charge < -0.3 is 9.64 Å².